The van der Waals surface area contributed by atoms with Crippen molar-refractivity contribution in [3.05, 3.63) is 12.4 Å². The maximum absolute atomic E-state index is 4.30. The number of imidazole rings is 1. The molecule has 2 rings (SSSR count). The van der Waals surface area contributed by atoms with Crippen LogP contribution in [0, 0.1) is 0 Å². The summed E-state index contributed by atoms with van der Waals surface area (Å²) in [5.74, 6) is 1.05. The van der Waals surface area contributed by atoms with Gasteiger partial charge in [0.25, 0.3) is 0 Å². The lowest BCUT2D eigenvalue weighted by Crippen LogP contribution is -2.08. The van der Waals surface area contributed by atoms with Crippen molar-refractivity contribution in [3.8, 4) is 0 Å². The van der Waals surface area contributed by atoms with Gasteiger partial charge in [-0.1, -0.05) is 13.3 Å². The maximum Gasteiger partial charge on any atom is 0.202 e. The number of aromatic nitrogens is 2. The second kappa shape index (κ2) is 3.81. The van der Waals surface area contributed by atoms with Crippen LogP contribution in [0.4, 0.5) is 5.95 Å². The molecule has 0 unspecified atom stereocenters. The summed E-state index contributed by atoms with van der Waals surface area (Å²) in [5, 5.41) is 3.43. The maximum atomic E-state index is 4.30. The summed E-state index contributed by atoms with van der Waals surface area (Å²) >= 11 is 0. The Balaban J connectivity index is 1.93. The number of nitrogens with one attached hydrogen (secondary N) is 1. The number of unbranched alkanes of at least 4 members (excludes halogenated alkanes) is 1. The molecule has 13 heavy (non-hydrogen) atoms. The van der Waals surface area contributed by atoms with Gasteiger partial charge in [-0.05, 0) is 19.3 Å². The minimum absolute atomic E-state index is 0.697. The Kier molecular flexibility index (Phi) is 2.52. The first-order valence-electron chi connectivity index (χ1n) is 5.18. The van der Waals surface area contributed by atoms with E-state index in [9.17, 15) is 0 Å². The van der Waals surface area contributed by atoms with Gasteiger partial charge in [0.05, 0.1) is 0 Å². The van der Waals surface area contributed by atoms with Gasteiger partial charge in [-0.15, -0.1) is 0 Å². The fourth-order valence-corrected chi connectivity index (χ4v) is 1.37. The van der Waals surface area contributed by atoms with Crippen LogP contribution < -0.4 is 5.32 Å². The smallest absolute Gasteiger partial charge is 0.202 e. The number of nitrogens with zero attached hydrogens (tertiary/aromatic N) is 2. The topological polar surface area (TPSA) is 29.9 Å². The van der Waals surface area contributed by atoms with Crippen molar-refractivity contribution < 1.29 is 0 Å². The number of anilines is 1. The lowest BCUT2D eigenvalue weighted by atomic mass is 10.3. The largest absolute Gasteiger partial charge is 0.353 e. The molecular formula is C10H17N3. The Bertz CT molecular complexity index is 263. The van der Waals surface area contributed by atoms with Gasteiger partial charge in [-0.2, -0.15) is 0 Å². The van der Waals surface area contributed by atoms with E-state index in [-0.39, 0.29) is 0 Å². The zero-order chi connectivity index (χ0) is 9.10. The van der Waals surface area contributed by atoms with E-state index in [1.807, 2.05) is 6.20 Å². The predicted molar refractivity (Wildman–Crippen MR) is 53.8 cm³/mol. The van der Waals surface area contributed by atoms with E-state index >= 15 is 0 Å². The van der Waals surface area contributed by atoms with Gasteiger partial charge in [0.2, 0.25) is 5.95 Å². The third-order valence-electron chi connectivity index (χ3n) is 2.38. The summed E-state index contributed by atoms with van der Waals surface area (Å²) < 4.78 is 2.21. The number of hydrogen-bond donors (Lipinski definition) is 1. The van der Waals surface area contributed by atoms with Crippen molar-refractivity contribution in [1.29, 1.82) is 0 Å². The van der Waals surface area contributed by atoms with Crippen LogP contribution in [-0.2, 0) is 6.54 Å². The van der Waals surface area contributed by atoms with Gasteiger partial charge in [0.15, 0.2) is 0 Å². The van der Waals surface area contributed by atoms with Crippen molar-refractivity contribution >= 4 is 5.95 Å². The molecule has 3 nitrogen and oxygen atoms in total. The molecule has 1 saturated carbocycles. The SMILES string of the molecule is CCCCn1ccnc1NC1CC1. The van der Waals surface area contributed by atoms with Crippen molar-refractivity contribution in [3.63, 3.8) is 0 Å². The molecule has 1 aromatic rings. The van der Waals surface area contributed by atoms with Crippen LogP contribution in [0.3, 0.4) is 0 Å². The Labute approximate surface area is 79.2 Å². The second-order valence-corrected chi connectivity index (χ2v) is 3.72. The summed E-state index contributed by atoms with van der Waals surface area (Å²) in [4.78, 5) is 4.30. The molecule has 0 atom stereocenters. The second-order valence-electron chi connectivity index (χ2n) is 3.72. The molecule has 0 saturated heterocycles. The Morgan fingerprint density at radius 3 is 3.15 bits per heavy atom. The monoisotopic (exact) mass is 179 g/mol. The highest BCUT2D eigenvalue weighted by Gasteiger charge is 2.22. The minimum atomic E-state index is 0.697. The van der Waals surface area contributed by atoms with Gasteiger partial charge in [-0.3, -0.25) is 0 Å². The molecule has 0 radical (unpaired) electrons. The third-order valence-corrected chi connectivity index (χ3v) is 2.38. The Morgan fingerprint density at radius 2 is 2.46 bits per heavy atom. The Morgan fingerprint density at radius 1 is 1.62 bits per heavy atom. The molecule has 0 bridgehead atoms. The van der Waals surface area contributed by atoms with Crippen LogP contribution in [0.5, 0.6) is 0 Å². The van der Waals surface area contributed by atoms with E-state index in [4.69, 9.17) is 0 Å². The molecule has 1 N–H and O–H groups in total. The molecule has 72 valence electrons. The number of hydrogen-bond acceptors (Lipinski definition) is 2. The van der Waals surface area contributed by atoms with Gasteiger partial charge in [0.1, 0.15) is 0 Å². The van der Waals surface area contributed by atoms with Gasteiger partial charge in [0, 0.05) is 25.0 Å². The quantitative estimate of drug-likeness (QED) is 0.751. The van der Waals surface area contributed by atoms with E-state index in [2.05, 4.69) is 28.0 Å². The number of rotatable bonds is 5. The van der Waals surface area contributed by atoms with Crippen molar-refractivity contribution in [1.82, 2.24) is 9.55 Å². The molecule has 0 aromatic carbocycles. The molecular weight excluding hydrogens is 162 g/mol. The summed E-state index contributed by atoms with van der Waals surface area (Å²) in [7, 11) is 0. The van der Waals surface area contributed by atoms with Crippen molar-refractivity contribution in [2.75, 3.05) is 5.32 Å². The molecule has 1 aliphatic rings. The van der Waals surface area contributed by atoms with Gasteiger partial charge >= 0.3 is 0 Å². The Hall–Kier alpha value is -0.990. The van der Waals surface area contributed by atoms with Crippen LogP contribution in [0.25, 0.3) is 0 Å². The first-order chi connectivity index (χ1) is 6.40. The van der Waals surface area contributed by atoms with Crippen LogP contribution in [0.2, 0.25) is 0 Å². The lowest BCUT2D eigenvalue weighted by Gasteiger charge is -2.07. The van der Waals surface area contributed by atoms with E-state index in [0.717, 1.165) is 12.5 Å². The minimum Gasteiger partial charge on any atom is -0.353 e. The zero-order valence-electron chi connectivity index (χ0n) is 8.16. The van der Waals surface area contributed by atoms with E-state index in [1.54, 1.807) is 0 Å². The molecule has 0 amide bonds. The number of aryl methyl sites for hydroxylation is 1. The summed E-state index contributed by atoms with van der Waals surface area (Å²) in [6, 6.07) is 0.697. The van der Waals surface area contributed by atoms with Gasteiger partial charge in [-0.25, -0.2) is 4.98 Å². The average Bonchev–Trinajstić information content (AvgIpc) is 2.82. The summed E-state index contributed by atoms with van der Waals surface area (Å²) in [5.41, 5.74) is 0. The first-order valence-corrected chi connectivity index (χ1v) is 5.18. The molecule has 1 fully saturated rings. The predicted octanol–water partition coefficient (Wildman–Crippen LogP) is 2.26. The molecule has 1 aliphatic carbocycles. The van der Waals surface area contributed by atoms with Crippen LogP contribution >= 0.6 is 0 Å². The standard InChI is InChI=1S/C10H17N3/c1-2-3-7-13-8-6-11-10(13)12-9-4-5-9/h6,8-9H,2-5,7H2,1H3,(H,11,12). The van der Waals surface area contributed by atoms with Crippen molar-refractivity contribution in [2.45, 2.75) is 45.2 Å². The third kappa shape index (κ3) is 2.23. The summed E-state index contributed by atoms with van der Waals surface area (Å²) in [6.45, 7) is 3.30. The van der Waals surface area contributed by atoms with Crippen molar-refractivity contribution in [2.24, 2.45) is 0 Å². The van der Waals surface area contributed by atoms with Crippen LogP contribution in [0.1, 0.15) is 32.6 Å². The molecule has 3 heteroatoms. The highest BCUT2D eigenvalue weighted by atomic mass is 15.2. The molecule has 1 aromatic heterocycles. The van der Waals surface area contributed by atoms with Gasteiger partial charge < -0.3 is 9.88 Å². The average molecular weight is 179 g/mol. The van der Waals surface area contributed by atoms with E-state index in [1.165, 1.54) is 25.7 Å². The normalized spacial score (nSPS) is 16.1. The first kappa shape index (κ1) is 8.60. The molecule has 0 spiro atoms. The van der Waals surface area contributed by atoms with Crippen LogP contribution in [0.15, 0.2) is 12.4 Å². The highest BCUT2D eigenvalue weighted by molar-refractivity contribution is 5.29. The fourth-order valence-electron chi connectivity index (χ4n) is 1.37. The van der Waals surface area contributed by atoms with E-state index < -0.39 is 0 Å². The lowest BCUT2D eigenvalue weighted by molar-refractivity contribution is 0.635. The van der Waals surface area contributed by atoms with E-state index in [0.29, 0.717) is 6.04 Å². The molecule has 1 heterocycles. The highest BCUT2D eigenvalue weighted by Crippen LogP contribution is 2.23. The fraction of sp³-hybridized carbons (Fsp3) is 0.700. The summed E-state index contributed by atoms with van der Waals surface area (Å²) in [6.07, 6.45) is 9.01. The van der Waals surface area contributed by atoms with Crippen LogP contribution in [-0.4, -0.2) is 15.6 Å². The zero-order valence-corrected chi connectivity index (χ0v) is 8.16. The molecule has 0 aliphatic heterocycles.